The van der Waals surface area contributed by atoms with Gasteiger partial charge < -0.3 is 10.2 Å². The standard InChI is InChI=1S/C27H25FN4O2/c1-17-6-9-19(10-7-17)29-20-12-13-32(16-20)27(34)23-14-18(8-11-24(23)28)15-25-21-4-2-3-5-22(21)26(33)31-30-25/h2-11,14,20,29H,12-13,15-16H2,1H3,(H,31,33)/t20-/m1/s1. The van der Waals surface area contributed by atoms with E-state index in [9.17, 15) is 14.0 Å². The molecule has 1 aliphatic rings. The lowest BCUT2D eigenvalue weighted by Crippen LogP contribution is -2.32. The van der Waals surface area contributed by atoms with Gasteiger partial charge in [0.15, 0.2) is 0 Å². The van der Waals surface area contributed by atoms with Crippen molar-refractivity contribution < 1.29 is 9.18 Å². The molecule has 0 radical (unpaired) electrons. The molecule has 3 aromatic carbocycles. The Hall–Kier alpha value is -4.00. The van der Waals surface area contributed by atoms with Crippen LogP contribution in [0.4, 0.5) is 10.1 Å². The second-order valence-corrected chi connectivity index (χ2v) is 8.78. The van der Waals surface area contributed by atoms with Crippen LogP contribution in [0.2, 0.25) is 0 Å². The third kappa shape index (κ3) is 4.41. The van der Waals surface area contributed by atoms with Gasteiger partial charge in [-0.25, -0.2) is 9.49 Å². The third-order valence-electron chi connectivity index (χ3n) is 6.31. The van der Waals surface area contributed by atoms with Crippen molar-refractivity contribution in [3.63, 3.8) is 0 Å². The summed E-state index contributed by atoms with van der Waals surface area (Å²) in [6.45, 7) is 3.12. The zero-order valence-electron chi connectivity index (χ0n) is 18.8. The van der Waals surface area contributed by atoms with E-state index in [1.54, 1.807) is 29.2 Å². The lowest BCUT2D eigenvalue weighted by molar-refractivity contribution is 0.0787. The minimum absolute atomic E-state index is 0.0576. The molecular weight excluding hydrogens is 431 g/mol. The maximum atomic E-state index is 14.7. The summed E-state index contributed by atoms with van der Waals surface area (Å²) in [5.74, 6) is -0.852. The molecule has 0 unspecified atom stereocenters. The molecule has 6 nitrogen and oxygen atoms in total. The Morgan fingerprint density at radius 2 is 1.88 bits per heavy atom. The summed E-state index contributed by atoms with van der Waals surface area (Å²) in [6.07, 6.45) is 1.17. The highest BCUT2D eigenvalue weighted by Gasteiger charge is 2.28. The van der Waals surface area contributed by atoms with Crippen molar-refractivity contribution in [1.82, 2.24) is 15.1 Å². The van der Waals surface area contributed by atoms with Crippen molar-refractivity contribution in [2.45, 2.75) is 25.8 Å². The van der Waals surface area contributed by atoms with Crippen LogP contribution in [0, 0.1) is 12.7 Å². The molecule has 0 saturated carbocycles. The van der Waals surface area contributed by atoms with E-state index < -0.39 is 5.82 Å². The van der Waals surface area contributed by atoms with Crippen LogP contribution in [0.25, 0.3) is 10.8 Å². The number of fused-ring (bicyclic) bond motifs is 1. The van der Waals surface area contributed by atoms with Crippen molar-refractivity contribution in [3.05, 3.63) is 105 Å². The molecule has 1 saturated heterocycles. The summed E-state index contributed by atoms with van der Waals surface area (Å²) in [4.78, 5) is 26.9. The number of amides is 1. The smallest absolute Gasteiger partial charge is 0.272 e. The Kier molecular flexibility index (Phi) is 5.84. The van der Waals surface area contributed by atoms with Gasteiger partial charge in [-0.05, 0) is 49.2 Å². The van der Waals surface area contributed by atoms with E-state index in [0.29, 0.717) is 30.6 Å². The molecule has 1 amide bonds. The van der Waals surface area contributed by atoms with Crippen LogP contribution in [0.15, 0.2) is 71.5 Å². The van der Waals surface area contributed by atoms with E-state index in [4.69, 9.17) is 0 Å². The molecule has 4 aromatic rings. The molecule has 1 aliphatic heterocycles. The second kappa shape index (κ2) is 9.09. The number of hydrogen-bond donors (Lipinski definition) is 2. The predicted molar refractivity (Wildman–Crippen MR) is 131 cm³/mol. The van der Waals surface area contributed by atoms with Crippen LogP contribution in [-0.2, 0) is 6.42 Å². The third-order valence-corrected chi connectivity index (χ3v) is 6.31. The van der Waals surface area contributed by atoms with E-state index in [0.717, 1.165) is 23.1 Å². The summed E-state index contributed by atoms with van der Waals surface area (Å²) < 4.78 is 14.7. The quantitative estimate of drug-likeness (QED) is 0.470. The fourth-order valence-corrected chi connectivity index (χ4v) is 4.46. The zero-order chi connectivity index (χ0) is 23.7. The van der Waals surface area contributed by atoms with Crippen LogP contribution in [0.3, 0.4) is 0 Å². The van der Waals surface area contributed by atoms with E-state index in [2.05, 4.69) is 15.5 Å². The molecule has 172 valence electrons. The van der Waals surface area contributed by atoms with Gasteiger partial charge in [0.25, 0.3) is 11.5 Å². The molecule has 2 N–H and O–H groups in total. The van der Waals surface area contributed by atoms with Gasteiger partial charge in [-0.3, -0.25) is 9.59 Å². The number of anilines is 1. The summed E-state index contributed by atoms with van der Waals surface area (Å²) >= 11 is 0. The average Bonchev–Trinajstić information content (AvgIpc) is 3.32. The molecule has 1 atom stereocenters. The summed E-state index contributed by atoms with van der Waals surface area (Å²) in [7, 11) is 0. The van der Waals surface area contributed by atoms with Gasteiger partial charge in [0.2, 0.25) is 0 Å². The molecule has 0 aliphatic carbocycles. The number of H-pyrrole nitrogens is 1. The van der Waals surface area contributed by atoms with Gasteiger partial charge in [-0.2, -0.15) is 5.10 Å². The molecule has 1 aromatic heterocycles. The number of nitrogens with zero attached hydrogens (tertiary/aromatic N) is 2. The van der Waals surface area contributed by atoms with Gasteiger partial charge in [-0.15, -0.1) is 0 Å². The van der Waals surface area contributed by atoms with Crippen molar-refractivity contribution in [3.8, 4) is 0 Å². The number of aromatic nitrogens is 2. The van der Waals surface area contributed by atoms with Gasteiger partial charge in [0, 0.05) is 36.6 Å². The highest BCUT2D eigenvalue weighted by Crippen LogP contribution is 2.22. The SMILES string of the molecule is Cc1ccc(N[C@@H]2CCN(C(=O)c3cc(Cc4n[nH]c(=O)c5ccccc45)ccc3F)C2)cc1. The molecule has 0 spiro atoms. The second-order valence-electron chi connectivity index (χ2n) is 8.78. The Labute approximate surface area is 196 Å². The van der Waals surface area contributed by atoms with E-state index in [1.807, 2.05) is 43.3 Å². The monoisotopic (exact) mass is 456 g/mol. The summed E-state index contributed by atoms with van der Waals surface area (Å²) in [5, 5.41) is 11.5. The van der Waals surface area contributed by atoms with Crippen LogP contribution in [-0.4, -0.2) is 40.1 Å². The number of nitrogens with one attached hydrogen (secondary N) is 2. The van der Waals surface area contributed by atoms with Gasteiger partial charge in [0.1, 0.15) is 5.82 Å². The van der Waals surface area contributed by atoms with Crippen LogP contribution in [0.1, 0.15) is 33.6 Å². The van der Waals surface area contributed by atoms with Gasteiger partial charge >= 0.3 is 0 Å². The number of carbonyl (C=O) groups excluding carboxylic acids is 1. The molecule has 7 heteroatoms. The van der Waals surface area contributed by atoms with Crippen molar-refractivity contribution in [1.29, 1.82) is 0 Å². The highest BCUT2D eigenvalue weighted by atomic mass is 19.1. The molecule has 0 bridgehead atoms. The molecule has 1 fully saturated rings. The summed E-state index contributed by atoms with van der Waals surface area (Å²) in [5.41, 5.74) is 3.43. The first kappa shape index (κ1) is 21.8. The number of hydrogen-bond acceptors (Lipinski definition) is 4. The van der Waals surface area contributed by atoms with E-state index in [1.165, 1.54) is 11.6 Å². The first-order valence-corrected chi connectivity index (χ1v) is 11.3. The van der Waals surface area contributed by atoms with Gasteiger partial charge in [-0.1, -0.05) is 42.0 Å². The molecule has 2 heterocycles. The first-order chi connectivity index (χ1) is 16.5. The predicted octanol–water partition coefficient (Wildman–Crippen LogP) is 4.29. The number of benzene rings is 3. The zero-order valence-corrected chi connectivity index (χ0v) is 18.8. The minimum atomic E-state index is -0.539. The highest BCUT2D eigenvalue weighted by molar-refractivity contribution is 5.95. The Balaban J connectivity index is 1.33. The number of aryl methyl sites for hydroxylation is 1. The Morgan fingerprint density at radius 1 is 1.12 bits per heavy atom. The van der Waals surface area contributed by atoms with Crippen molar-refractivity contribution in [2.24, 2.45) is 0 Å². The fraction of sp³-hybridized carbons (Fsp3) is 0.222. The van der Waals surface area contributed by atoms with Crippen LogP contribution >= 0.6 is 0 Å². The largest absolute Gasteiger partial charge is 0.380 e. The number of rotatable bonds is 5. The fourth-order valence-electron chi connectivity index (χ4n) is 4.46. The number of halogens is 1. The molecule has 5 rings (SSSR count). The molecule has 34 heavy (non-hydrogen) atoms. The number of carbonyl (C=O) groups is 1. The summed E-state index contributed by atoms with van der Waals surface area (Å²) in [6, 6.07) is 20.1. The van der Waals surface area contributed by atoms with Crippen LogP contribution in [0.5, 0.6) is 0 Å². The maximum Gasteiger partial charge on any atom is 0.272 e. The Morgan fingerprint density at radius 3 is 2.68 bits per heavy atom. The number of aromatic amines is 1. The van der Waals surface area contributed by atoms with E-state index >= 15 is 0 Å². The number of likely N-dealkylation sites (tertiary alicyclic amines) is 1. The van der Waals surface area contributed by atoms with Crippen molar-refractivity contribution >= 4 is 22.4 Å². The normalized spacial score (nSPS) is 15.6. The Bertz CT molecular complexity index is 1410. The molecular formula is C27H25FN4O2. The minimum Gasteiger partial charge on any atom is -0.380 e. The van der Waals surface area contributed by atoms with Crippen LogP contribution < -0.4 is 10.9 Å². The lowest BCUT2D eigenvalue weighted by atomic mass is 10.0. The lowest BCUT2D eigenvalue weighted by Gasteiger charge is -2.19. The first-order valence-electron chi connectivity index (χ1n) is 11.3. The van der Waals surface area contributed by atoms with Gasteiger partial charge in [0.05, 0.1) is 16.6 Å². The average molecular weight is 457 g/mol. The maximum absolute atomic E-state index is 14.7. The van der Waals surface area contributed by atoms with Crippen molar-refractivity contribution in [2.75, 3.05) is 18.4 Å². The van der Waals surface area contributed by atoms with E-state index in [-0.39, 0.29) is 23.1 Å². The topological polar surface area (TPSA) is 78.1 Å².